The van der Waals surface area contributed by atoms with Crippen LogP contribution in [0.15, 0.2) is 36.4 Å². The maximum Gasteiger partial charge on any atom is 0.0706 e. The Hall–Kier alpha value is -1.45. The molecule has 0 unspecified atom stereocenters. The first kappa shape index (κ1) is 10.1. The number of benzene rings is 1. The minimum atomic E-state index is -0.0559. The van der Waals surface area contributed by atoms with Crippen molar-refractivity contribution in [3.8, 4) is 0 Å². The Bertz CT molecular complexity index is 453. The quantitative estimate of drug-likeness (QED) is 0.792. The van der Waals surface area contributed by atoms with E-state index in [4.69, 9.17) is 11.5 Å². The molecule has 2 aromatic rings. The molecule has 0 spiro atoms. The minimum absolute atomic E-state index is 0.0559. The van der Waals surface area contributed by atoms with Gasteiger partial charge in [0.25, 0.3) is 0 Å². The van der Waals surface area contributed by atoms with Gasteiger partial charge in [0.05, 0.1) is 11.2 Å². The number of hydrogen-bond acceptors (Lipinski definition) is 3. The lowest BCUT2D eigenvalue weighted by Crippen LogP contribution is -2.16. The second-order valence-electron chi connectivity index (χ2n) is 3.61. The number of hydrogen-bond donors (Lipinski definition) is 2. The van der Waals surface area contributed by atoms with Gasteiger partial charge in [-0.15, -0.1) is 0 Å². The minimum Gasteiger partial charge on any atom is -0.330 e. The fourth-order valence-electron chi connectivity index (χ4n) is 1.62. The fourth-order valence-corrected chi connectivity index (χ4v) is 1.62. The predicted molar refractivity (Wildman–Crippen MR) is 62.3 cm³/mol. The van der Waals surface area contributed by atoms with Gasteiger partial charge in [-0.3, -0.25) is 4.98 Å². The molecule has 0 aliphatic heterocycles. The van der Waals surface area contributed by atoms with Gasteiger partial charge in [-0.1, -0.05) is 24.3 Å². The molecule has 0 aliphatic rings. The van der Waals surface area contributed by atoms with Gasteiger partial charge in [0, 0.05) is 11.4 Å². The van der Waals surface area contributed by atoms with Crippen LogP contribution in [0, 0.1) is 0 Å². The largest absolute Gasteiger partial charge is 0.330 e. The molecule has 0 aliphatic carbocycles. The van der Waals surface area contributed by atoms with Crippen LogP contribution in [-0.2, 0) is 0 Å². The molecule has 15 heavy (non-hydrogen) atoms. The smallest absolute Gasteiger partial charge is 0.0706 e. The lowest BCUT2D eigenvalue weighted by atomic mass is 10.1. The summed E-state index contributed by atoms with van der Waals surface area (Å²) in [6.07, 6.45) is 0.769. The number of para-hydroxylation sites is 1. The van der Waals surface area contributed by atoms with Gasteiger partial charge in [0.2, 0.25) is 0 Å². The summed E-state index contributed by atoms with van der Waals surface area (Å²) in [5.74, 6) is 0. The summed E-state index contributed by atoms with van der Waals surface area (Å²) in [4.78, 5) is 4.51. The van der Waals surface area contributed by atoms with Gasteiger partial charge in [0.15, 0.2) is 0 Å². The van der Waals surface area contributed by atoms with E-state index in [2.05, 4.69) is 4.98 Å². The Morgan fingerprint density at radius 2 is 1.93 bits per heavy atom. The molecule has 2 rings (SSSR count). The first-order chi connectivity index (χ1) is 7.31. The highest BCUT2D eigenvalue weighted by molar-refractivity contribution is 5.78. The Balaban J connectivity index is 2.38. The molecule has 1 heterocycles. The van der Waals surface area contributed by atoms with E-state index in [9.17, 15) is 0 Å². The average Bonchev–Trinajstić information content (AvgIpc) is 2.29. The molecule has 0 bridgehead atoms. The summed E-state index contributed by atoms with van der Waals surface area (Å²) in [7, 11) is 0. The van der Waals surface area contributed by atoms with E-state index in [1.54, 1.807) is 0 Å². The van der Waals surface area contributed by atoms with Crippen LogP contribution in [0.2, 0.25) is 0 Å². The third-order valence-electron chi connectivity index (χ3n) is 2.48. The van der Waals surface area contributed by atoms with Gasteiger partial charge >= 0.3 is 0 Å². The van der Waals surface area contributed by atoms with Gasteiger partial charge in [-0.25, -0.2) is 0 Å². The molecule has 1 atom stereocenters. The highest BCUT2D eigenvalue weighted by Crippen LogP contribution is 2.16. The summed E-state index contributed by atoms with van der Waals surface area (Å²) >= 11 is 0. The first-order valence-corrected chi connectivity index (χ1v) is 5.12. The zero-order valence-corrected chi connectivity index (χ0v) is 8.56. The van der Waals surface area contributed by atoms with Gasteiger partial charge in [-0.2, -0.15) is 0 Å². The summed E-state index contributed by atoms with van der Waals surface area (Å²) in [6, 6.07) is 12.0. The normalized spacial score (nSPS) is 12.9. The van der Waals surface area contributed by atoms with Crippen LogP contribution >= 0.6 is 0 Å². The zero-order chi connectivity index (χ0) is 10.7. The Labute approximate surface area is 89.1 Å². The molecule has 4 N–H and O–H groups in total. The molecule has 78 valence electrons. The van der Waals surface area contributed by atoms with E-state index >= 15 is 0 Å². The van der Waals surface area contributed by atoms with Crippen molar-refractivity contribution in [3.05, 3.63) is 42.1 Å². The molecular weight excluding hydrogens is 186 g/mol. The highest BCUT2D eigenvalue weighted by atomic mass is 14.8. The van der Waals surface area contributed by atoms with Crippen LogP contribution in [0.1, 0.15) is 18.2 Å². The molecule has 1 aromatic heterocycles. The van der Waals surface area contributed by atoms with Crippen molar-refractivity contribution in [2.45, 2.75) is 12.5 Å². The molecule has 0 radical (unpaired) electrons. The maximum absolute atomic E-state index is 5.95. The average molecular weight is 201 g/mol. The van der Waals surface area contributed by atoms with Crippen molar-refractivity contribution in [2.75, 3.05) is 6.54 Å². The lowest BCUT2D eigenvalue weighted by Gasteiger charge is -2.10. The molecule has 0 fully saturated rings. The van der Waals surface area contributed by atoms with Crippen molar-refractivity contribution in [2.24, 2.45) is 11.5 Å². The Kier molecular flexibility index (Phi) is 2.94. The number of rotatable bonds is 3. The van der Waals surface area contributed by atoms with Crippen LogP contribution in [0.25, 0.3) is 10.9 Å². The van der Waals surface area contributed by atoms with Gasteiger partial charge in [0.1, 0.15) is 0 Å². The van der Waals surface area contributed by atoms with Crippen LogP contribution < -0.4 is 11.5 Å². The molecule has 3 nitrogen and oxygen atoms in total. The summed E-state index contributed by atoms with van der Waals surface area (Å²) in [5, 5.41) is 1.14. The summed E-state index contributed by atoms with van der Waals surface area (Å²) in [6.45, 7) is 0.593. The van der Waals surface area contributed by atoms with E-state index in [0.29, 0.717) is 6.54 Å². The van der Waals surface area contributed by atoms with Crippen LogP contribution in [0.3, 0.4) is 0 Å². The number of fused-ring (bicyclic) bond motifs is 1. The standard InChI is InChI=1S/C12H15N3/c13-8-7-10(14)12-6-5-9-3-1-2-4-11(9)15-12/h1-6,10H,7-8,13-14H2/t10-/m0/s1. The molecule has 1 aromatic carbocycles. The van der Waals surface area contributed by atoms with Crippen molar-refractivity contribution in [3.63, 3.8) is 0 Å². The molecule has 3 heteroatoms. The lowest BCUT2D eigenvalue weighted by molar-refractivity contribution is 0.645. The molecule has 0 saturated carbocycles. The summed E-state index contributed by atoms with van der Waals surface area (Å²) < 4.78 is 0. The van der Waals surface area contributed by atoms with Crippen LogP contribution in [0.5, 0.6) is 0 Å². The summed E-state index contributed by atoms with van der Waals surface area (Å²) in [5.41, 5.74) is 13.3. The molecule has 0 saturated heterocycles. The SMILES string of the molecule is NCC[C@H](N)c1ccc2ccccc2n1. The van der Waals surface area contributed by atoms with E-state index in [0.717, 1.165) is 23.0 Å². The Morgan fingerprint density at radius 3 is 2.73 bits per heavy atom. The van der Waals surface area contributed by atoms with Crippen LogP contribution in [-0.4, -0.2) is 11.5 Å². The van der Waals surface area contributed by atoms with E-state index in [1.165, 1.54) is 0 Å². The predicted octanol–water partition coefficient (Wildman–Crippen LogP) is 1.58. The second-order valence-corrected chi connectivity index (χ2v) is 3.61. The fraction of sp³-hybridized carbons (Fsp3) is 0.250. The third kappa shape index (κ3) is 2.14. The van der Waals surface area contributed by atoms with E-state index in [-0.39, 0.29) is 6.04 Å². The van der Waals surface area contributed by atoms with E-state index < -0.39 is 0 Å². The Morgan fingerprint density at radius 1 is 1.13 bits per heavy atom. The zero-order valence-electron chi connectivity index (χ0n) is 8.56. The van der Waals surface area contributed by atoms with Crippen molar-refractivity contribution >= 4 is 10.9 Å². The van der Waals surface area contributed by atoms with Crippen LogP contribution in [0.4, 0.5) is 0 Å². The number of nitrogens with two attached hydrogens (primary N) is 2. The second kappa shape index (κ2) is 4.38. The van der Waals surface area contributed by atoms with Crippen molar-refractivity contribution in [1.29, 1.82) is 0 Å². The molecular formula is C12H15N3. The van der Waals surface area contributed by atoms with Crippen molar-refractivity contribution in [1.82, 2.24) is 4.98 Å². The third-order valence-corrected chi connectivity index (χ3v) is 2.48. The first-order valence-electron chi connectivity index (χ1n) is 5.12. The highest BCUT2D eigenvalue weighted by Gasteiger charge is 2.06. The topological polar surface area (TPSA) is 64.9 Å². The molecule has 0 amide bonds. The van der Waals surface area contributed by atoms with E-state index in [1.807, 2.05) is 36.4 Å². The number of pyridine rings is 1. The number of nitrogens with zero attached hydrogens (tertiary/aromatic N) is 1. The number of aromatic nitrogens is 1. The van der Waals surface area contributed by atoms with Gasteiger partial charge in [-0.05, 0) is 25.1 Å². The maximum atomic E-state index is 5.95. The monoisotopic (exact) mass is 201 g/mol. The van der Waals surface area contributed by atoms with Crippen molar-refractivity contribution < 1.29 is 0 Å². The van der Waals surface area contributed by atoms with Gasteiger partial charge < -0.3 is 11.5 Å².